The SMILES string of the molecule is CN=C(NCCN1CCCC(C)C1)NCC1CN(CC(C)C)CCO1.I. The van der Waals surface area contributed by atoms with Crippen LogP contribution in [0.2, 0.25) is 0 Å². The van der Waals surface area contributed by atoms with Crippen LogP contribution in [0, 0.1) is 11.8 Å². The van der Waals surface area contributed by atoms with Crippen LogP contribution in [-0.2, 0) is 4.74 Å². The first kappa shape index (κ1) is 23.9. The van der Waals surface area contributed by atoms with E-state index < -0.39 is 0 Å². The van der Waals surface area contributed by atoms with Crippen molar-refractivity contribution in [1.82, 2.24) is 20.4 Å². The summed E-state index contributed by atoms with van der Waals surface area (Å²) >= 11 is 0. The first-order valence-electron chi connectivity index (χ1n) is 10.1. The van der Waals surface area contributed by atoms with E-state index in [0.717, 1.165) is 57.8 Å². The van der Waals surface area contributed by atoms with Crippen LogP contribution in [0.15, 0.2) is 4.99 Å². The summed E-state index contributed by atoms with van der Waals surface area (Å²) in [6.45, 7) is 16.3. The van der Waals surface area contributed by atoms with Crippen LogP contribution >= 0.6 is 24.0 Å². The van der Waals surface area contributed by atoms with E-state index in [1.54, 1.807) is 0 Å². The molecule has 0 radical (unpaired) electrons. The topological polar surface area (TPSA) is 52.1 Å². The van der Waals surface area contributed by atoms with Crippen molar-refractivity contribution in [3.05, 3.63) is 0 Å². The molecule has 6 nitrogen and oxygen atoms in total. The fourth-order valence-corrected chi connectivity index (χ4v) is 3.84. The second kappa shape index (κ2) is 13.1. The Balaban J connectivity index is 0.00000338. The molecule has 26 heavy (non-hydrogen) atoms. The highest BCUT2D eigenvalue weighted by molar-refractivity contribution is 14.0. The number of nitrogens with one attached hydrogen (secondary N) is 2. The van der Waals surface area contributed by atoms with Crippen molar-refractivity contribution in [2.45, 2.75) is 39.7 Å². The van der Waals surface area contributed by atoms with Gasteiger partial charge in [-0.25, -0.2) is 0 Å². The highest BCUT2D eigenvalue weighted by atomic mass is 127. The minimum absolute atomic E-state index is 0. The summed E-state index contributed by atoms with van der Waals surface area (Å²) in [5.74, 6) is 2.43. The van der Waals surface area contributed by atoms with E-state index >= 15 is 0 Å². The molecule has 7 heteroatoms. The molecule has 2 unspecified atom stereocenters. The lowest BCUT2D eigenvalue weighted by Gasteiger charge is -2.34. The lowest BCUT2D eigenvalue weighted by atomic mass is 10.0. The largest absolute Gasteiger partial charge is 0.374 e. The minimum atomic E-state index is 0. The first-order chi connectivity index (χ1) is 12.1. The Kier molecular flexibility index (Phi) is 12.1. The van der Waals surface area contributed by atoms with Gasteiger partial charge in [0.15, 0.2) is 5.96 Å². The molecule has 0 aliphatic carbocycles. The Morgan fingerprint density at radius 2 is 2.00 bits per heavy atom. The highest BCUT2D eigenvalue weighted by Crippen LogP contribution is 2.14. The molecule has 0 bridgehead atoms. The van der Waals surface area contributed by atoms with Crippen molar-refractivity contribution in [1.29, 1.82) is 0 Å². The van der Waals surface area contributed by atoms with Gasteiger partial charge in [0.2, 0.25) is 0 Å². The second-order valence-electron chi connectivity index (χ2n) is 8.07. The van der Waals surface area contributed by atoms with Gasteiger partial charge in [0, 0.05) is 52.9 Å². The molecule has 0 aromatic heterocycles. The van der Waals surface area contributed by atoms with Gasteiger partial charge in [-0.3, -0.25) is 9.89 Å². The van der Waals surface area contributed by atoms with E-state index in [1.165, 1.54) is 25.9 Å². The molecular formula is C19H40IN5O. The maximum Gasteiger partial charge on any atom is 0.191 e. The molecule has 2 aliphatic heterocycles. The third-order valence-electron chi connectivity index (χ3n) is 5.03. The Hall–Kier alpha value is -0.120. The zero-order chi connectivity index (χ0) is 18.1. The zero-order valence-corrected chi connectivity index (χ0v) is 19.5. The molecule has 2 heterocycles. The summed E-state index contributed by atoms with van der Waals surface area (Å²) in [5, 5.41) is 6.87. The van der Waals surface area contributed by atoms with E-state index in [4.69, 9.17) is 4.74 Å². The molecular weight excluding hydrogens is 441 g/mol. The second-order valence-corrected chi connectivity index (χ2v) is 8.07. The third kappa shape index (κ3) is 9.19. The number of morpholine rings is 1. The number of ether oxygens (including phenoxy) is 1. The highest BCUT2D eigenvalue weighted by Gasteiger charge is 2.21. The van der Waals surface area contributed by atoms with Crippen LogP contribution in [0.3, 0.4) is 0 Å². The predicted molar refractivity (Wildman–Crippen MR) is 121 cm³/mol. The van der Waals surface area contributed by atoms with Crippen molar-refractivity contribution >= 4 is 29.9 Å². The van der Waals surface area contributed by atoms with E-state index in [0.29, 0.717) is 5.92 Å². The maximum absolute atomic E-state index is 5.90. The van der Waals surface area contributed by atoms with Gasteiger partial charge in [-0.05, 0) is 31.2 Å². The molecule has 0 spiro atoms. The van der Waals surface area contributed by atoms with Crippen molar-refractivity contribution in [2.24, 2.45) is 16.8 Å². The molecule has 2 fully saturated rings. The summed E-state index contributed by atoms with van der Waals surface area (Å²) in [6, 6.07) is 0. The predicted octanol–water partition coefficient (Wildman–Crippen LogP) is 1.86. The first-order valence-corrected chi connectivity index (χ1v) is 10.1. The smallest absolute Gasteiger partial charge is 0.191 e. The minimum Gasteiger partial charge on any atom is -0.374 e. The lowest BCUT2D eigenvalue weighted by Crippen LogP contribution is -2.50. The van der Waals surface area contributed by atoms with Gasteiger partial charge in [0.25, 0.3) is 0 Å². The number of guanidine groups is 1. The molecule has 2 saturated heterocycles. The van der Waals surface area contributed by atoms with Crippen molar-refractivity contribution in [2.75, 3.05) is 66.0 Å². The van der Waals surface area contributed by atoms with Crippen molar-refractivity contribution < 1.29 is 4.74 Å². The van der Waals surface area contributed by atoms with Gasteiger partial charge in [-0.15, -0.1) is 24.0 Å². The van der Waals surface area contributed by atoms with Gasteiger partial charge in [0.05, 0.1) is 12.7 Å². The van der Waals surface area contributed by atoms with E-state index in [1.807, 2.05) is 7.05 Å². The molecule has 0 aromatic carbocycles. The quantitative estimate of drug-likeness (QED) is 0.331. The fraction of sp³-hybridized carbons (Fsp3) is 0.947. The number of piperidine rings is 1. The summed E-state index contributed by atoms with van der Waals surface area (Å²) < 4.78 is 5.90. The van der Waals surface area contributed by atoms with Crippen LogP contribution < -0.4 is 10.6 Å². The van der Waals surface area contributed by atoms with Gasteiger partial charge in [-0.2, -0.15) is 0 Å². The van der Waals surface area contributed by atoms with E-state index in [-0.39, 0.29) is 30.1 Å². The van der Waals surface area contributed by atoms with Crippen LogP contribution in [0.4, 0.5) is 0 Å². The maximum atomic E-state index is 5.90. The lowest BCUT2D eigenvalue weighted by molar-refractivity contribution is -0.0284. The van der Waals surface area contributed by atoms with Crippen LogP contribution in [0.25, 0.3) is 0 Å². The van der Waals surface area contributed by atoms with Crippen molar-refractivity contribution in [3.8, 4) is 0 Å². The Morgan fingerprint density at radius 1 is 1.19 bits per heavy atom. The number of hydrogen-bond donors (Lipinski definition) is 2. The zero-order valence-electron chi connectivity index (χ0n) is 17.2. The third-order valence-corrected chi connectivity index (χ3v) is 5.03. The van der Waals surface area contributed by atoms with Gasteiger partial charge >= 0.3 is 0 Å². The van der Waals surface area contributed by atoms with Crippen molar-refractivity contribution in [3.63, 3.8) is 0 Å². The summed E-state index contributed by atoms with van der Waals surface area (Å²) in [7, 11) is 1.84. The number of nitrogens with zero attached hydrogens (tertiary/aromatic N) is 3. The fourth-order valence-electron chi connectivity index (χ4n) is 3.84. The number of aliphatic imine (C=N–C) groups is 1. The number of hydrogen-bond acceptors (Lipinski definition) is 4. The molecule has 0 amide bonds. The average Bonchev–Trinajstić information content (AvgIpc) is 2.58. The molecule has 2 atom stereocenters. The van der Waals surface area contributed by atoms with Gasteiger partial charge < -0.3 is 20.3 Å². The van der Waals surface area contributed by atoms with Crippen LogP contribution in [-0.4, -0.2) is 87.9 Å². The standard InChI is InChI=1S/C19H39N5O.HI/c1-16(2)13-24-10-11-25-18(15-24)12-22-19(20-4)21-7-9-23-8-5-6-17(3)14-23;/h16-18H,5-15H2,1-4H3,(H2,20,21,22);1H. The van der Waals surface area contributed by atoms with E-state index in [9.17, 15) is 0 Å². The molecule has 0 saturated carbocycles. The summed E-state index contributed by atoms with van der Waals surface area (Å²) in [5.41, 5.74) is 0. The van der Waals surface area contributed by atoms with Crippen LogP contribution in [0.5, 0.6) is 0 Å². The Labute approximate surface area is 177 Å². The summed E-state index contributed by atoms with van der Waals surface area (Å²) in [4.78, 5) is 9.41. The number of likely N-dealkylation sites (tertiary alicyclic amines) is 1. The van der Waals surface area contributed by atoms with Gasteiger partial charge in [0.1, 0.15) is 0 Å². The average molecular weight is 481 g/mol. The molecule has 2 aliphatic rings. The summed E-state index contributed by atoms with van der Waals surface area (Å²) in [6.07, 6.45) is 2.96. The molecule has 154 valence electrons. The monoisotopic (exact) mass is 481 g/mol. The Bertz CT molecular complexity index is 407. The van der Waals surface area contributed by atoms with Gasteiger partial charge in [-0.1, -0.05) is 20.8 Å². The molecule has 2 N–H and O–H groups in total. The normalized spacial score (nSPS) is 25.8. The molecule has 0 aromatic rings. The Morgan fingerprint density at radius 3 is 2.69 bits per heavy atom. The molecule has 2 rings (SSSR count). The van der Waals surface area contributed by atoms with E-state index in [2.05, 4.69) is 46.2 Å². The number of rotatable bonds is 7. The van der Waals surface area contributed by atoms with Crippen LogP contribution in [0.1, 0.15) is 33.6 Å². The number of halogens is 1.